The second-order valence-electron chi connectivity index (χ2n) is 7.90. The molecule has 1 aliphatic heterocycles. The summed E-state index contributed by atoms with van der Waals surface area (Å²) in [5.41, 5.74) is 1.57. The van der Waals surface area contributed by atoms with Crippen LogP contribution in [0.4, 0.5) is 24.5 Å². The first-order valence-corrected chi connectivity index (χ1v) is 10.7. The van der Waals surface area contributed by atoms with Gasteiger partial charge in [0.2, 0.25) is 5.91 Å². The number of hydrogen-bond acceptors (Lipinski definition) is 4. The number of hydrazone groups is 1. The van der Waals surface area contributed by atoms with E-state index < -0.39 is 29.2 Å². The van der Waals surface area contributed by atoms with Crippen LogP contribution in [0.5, 0.6) is 0 Å². The highest BCUT2D eigenvalue weighted by molar-refractivity contribution is 6.44. The maximum Gasteiger partial charge on any atom is 0.418 e. The van der Waals surface area contributed by atoms with Crippen LogP contribution in [0.3, 0.4) is 0 Å². The summed E-state index contributed by atoms with van der Waals surface area (Å²) < 4.78 is 40.3. The van der Waals surface area contributed by atoms with Gasteiger partial charge in [-0.3, -0.25) is 9.59 Å². The van der Waals surface area contributed by atoms with Gasteiger partial charge >= 0.3 is 6.18 Å². The number of aromatic nitrogens is 2. The number of fused-ring (bicyclic) bond motifs is 1. The molecule has 2 amide bonds. The Morgan fingerprint density at radius 2 is 1.66 bits per heavy atom. The second-order valence-corrected chi connectivity index (χ2v) is 7.90. The minimum atomic E-state index is -4.67. The van der Waals surface area contributed by atoms with Gasteiger partial charge in [0.05, 0.1) is 22.3 Å². The molecule has 0 saturated carbocycles. The van der Waals surface area contributed by atoms with E-state index in [-0.39, 0.29) is 18.6 Å². The molecule has 0 radical (unpaired) electrons. The molecule has 10 heteroatoms. The highest BCUT2D eigenvalue weighted by Crippen LogP contribution is 2.37. The molecular weight excluding hydrogens is 459 g/mol. The fourth-order valence-electron chi connectivity index (χ4n) is 3.81. The van der Waals surface area contributed by atoms with Gasteiger partial charge < -0.3 is 10.3 Å². The van der Waals surface area contributed by atoms with Crippen molar-refractivity contribution in [1.29, 1.82) is 0 Å². The number of halogens is 3. The van der Waals surface area contributed by atoms with Crippen molar-refractivity contribution in [3.63, 3.8) is 0 Å². The Morgan fingerprint density at radius 3 is 2.40 bits per heavy atom. The summed E-state index contributed by atoms with van der Waals surface area (Å²) >= 11 is 0. The number of amides is 2. The molecule has 3 aromatic carbocycles. The first-order chi connectivity index (χ1) is 16.8. The molecule has 0 saturated heterocycles. The molecule has 176 valence electrons. The van der Waals surface area contributed by atoms with E-state index in [0.29, 0.717) is 16.5 Å². The number of anilines is 2. The predicted molar refractivity (Wildman–Crippen MR) is 126 cm³/mol. The van der Waals surface area contributed by atoms with Crippen LogP contribution >= 0.6 is 0 Å². The van der Waals surface area contributed by atoms with Crippen molar-refractivity contribution >= 4 is 39.9 Å². The molecule has 1 aliphatic rings. The van der Waals surface area contributed by atoms with Gasteiger partial charge in [-0.2, -0.15) is 23.3 Å². The fourth-order valence-corrected chi connectivity index (χ4v) is 3.81. The zero-order valence-corrected chi connectivity index (χ0v) is 18.1. The third-order valence-electron chi connectivity index (χ3n) is 5.54. The number of benzene rings is 3. The molecule has 0 unspecified atom stereocenters. The summed E-state index contributed by atoms with van der Waals surface area (Å²) in [7, 11) is 0. The summed E-state index contributed by atoms with van der Waals surface area (Å²) in [6, 6.07) is 19.2. The lowest BCUT2D eigenvalue weighted by molar-refractivity contribution is -0.137. The summed E-state index contributed by atoms with van der Waals surface area (Å²) in [5, 5.41) is 7.31. The van der Waals surface area contributed by atoms with Gasteiger partial charge in [-0.25, -0.2) is 4.98 Å². The van der Waals surface area contributed by atoms with Gasteiger partial charge in [0.15, 0.2) is 0 Å². The van der Waals surface area contributed by atoms with Gasteiger partial charge in [0, 0.05) is 24.1 Å². The normalized spacial score (nSPS) is 14.2. The predicted octanol–water partition coefficient (Wildman–Crippen LogP) is 5.37. The SMILES string of the molecule is O=C(Nc1ccc(-c2nc3ccccc3[nH]2)cc1)C1=NN(c2ccccc2C(F)(F)F)C(=O)CC1. The molecule has 0 fully saturated rings. The number of nitrogens with one attached hydrogen (secondary N) is 2. The average Bonchev–Trinajstić information content (AvgIpc) is 3.28. The lowest BCUT2D eigenvalue weighted by Gasteiger charge is -2.25. The van der Waals surface area contributed by atoms with Crippen molar-refractivity contribution in [2.75, 3.05) is 10.3 Å². The summed E-state index contributed by atoms with van der Waals surface area (Å²) in [4.78, 5) is 32.9. The van der Waals surface area contributed by atoms with E-state index in [4.69, 9.17) is 0 Å². The summed E-state index contributed by atoms with van der Waals surface area (Å²) in [6.45, 7) is 0. The molecule has 0 atom stereocenters. The van der Waals surface area contributed by atoms with E-state index in [0.717, 1.165) is 28.7 Å². The minimum absolute atomic E-state index is 0.0203. The lowest BCUT2D eigenvalue weighted by Crippen LogP contribution is -2.37. The van der Waals surface area contributed by atoms with Gasteiger partial charge in [-0.05, 0) is 48.5 Å². The van der Waals surface area contributed by atoms with Crippen LogP contribution in [0.1, 0.15) is 18.4 Å². The van der Waals surface area contributed by atoms with Gasteiger partial charge in [-0.15, -0.1) is 0 Å². The second kappa shape index (κ2) is 8.71. The van der Waals surface area contributed by atoms with Crippen molar-refractivity contribution in [2.24, 2.45) is 5.10 Å². The number of rotatable bonds is 4. The monoisotopic (exact) mass is 477 g/mol. The Kier molecular flexibility index (Phi) is 5.56. The first kappa shape index (κ1) is 22.3. The van der Waals surface area contributed by atoms with Crippen LogP contribution in [0.2, 0.25) is 0 Å². The lowest BCUT2D eigenvalue weighted by atomic mass is 10.1. The number of imidazole rings is 1. The van der Waals surface area contributed by atoms with Crippen molar-refractivity contribution in [1.82, 2.24) is 9.97 Å². The maximum absolute atomic E-state index is 13.4. The number of carbonyl (C=O) groups excluding carboxylic acids is 2. The number of H-pyrrole nitrogens is 1. The molecule has 7 nitrogen and oxygen atoms in total. The third kappa shape index (κ3) is 4.50. The topological polar surface area (TPSA) is 90.4 Å². The van der Waals surface area contributed by atoms with Gasteiger partial charge in [0.1, 0.15) is 11.5 Å². The van der Waals surface area contributed by atoms with Crippen LogP contribution in [0.15, 0.2) is 77.9 Å². The Morgan fingerprint density at radius 1 is 0.943 bits per heavy atom. The van der Waals surface area contributed by atoms with Gasteiger partial charge in [0.25, 0.3) is 5.91 Å². The van der Waals surface area contributed by atoms with Crippen molar-refractivity contribution < 1.29 is 22.8 Å². The number of aromatic amines is 1. The standard InChI is InChI=1S/C25H18F3N5O2/c26-25(27,28)17-5-1-4-8-21(17)33-22(34)14-13-20(32-33)24(35)29-16-11-9-15(10-12-16)23-30-18-6-2-3-7-19(18)31-23/h1-12H,13-14H2,(H,29,35)(H,30,31). The molecule has 4 aromatic rings. The van der Waals surface area contributed by atoms with Crippen molar-refractivity contribution in [3.05, 3.63) is 78.4 Å². The molecule has 0 spiro atoms. The third-order valence-corrected chi connectivity index (χ3v) is 5.54. The van der Waals surface area contributed by atoms with E-state index >= 15 is 0 Å². The van der Waals surface area contributed by atoms with Crippen LogP contribution in [0, 0.1) is 0 Å². The molecule has 2 heterocycles. The molecule has 2 N–H and O–H groups in total. The first-order valence-electron chi connectivity index (χ1n) is 10.7. The summed E-state index contributed by atoms with van der Waals surface area (Å²) in [6.07, 6.45) is -4.79. The molecular formula is C25H18F3N5O2. The van der Waals surface area contributed by atoms with Crippen LogP contribution in [-0.4, -0.2) is 27.5 Å². The number of alkyl halides is 3. The zero-order valence-electron chi connectivity index (χ0n) is 18.1. The number of carbonyl (C=O) groups is 2. The highest BCUT2D eigenvalue weighted by atomic mass is 19.4. The van der Waals surface area contributed by atoms with E-state index in [1.807, 2.05) is 24.3 Å². The van der Waals surface area contributed by atoms with Crippen molar-refractivity contribution in [3.8, 4) is 11.4 Å². The van der Waals surface area contributed by atoms with E-state index in [1.54, 1.807) is 24.3 Å². The largest absolute Gasteiger partial charge is 0.418 e. The Labute approximate surface area is 197 Å². The quantitative estimate of drug-likeness (QED) is 0.414. The van der Waals surface area contributed by atoms with Crippen LogP contribution in [-0.2, 0) is 15.8 Å². The molecule has 35 heavy (non-hydrogen) atoms. The molecule has 0 aliphatic carbocycles. The number of nitrogens with zero attached hydrogens (tertiary/aromatic N) is 3. The highest BCUT2D eigenvalue weighted by Gasteiger charge is 2.37. The Bertz CT molecular complexity index is 1420. The zero-order chi connectivity index (χ0) is 24.6. The Balaban J connectivity index is 1.35. The fraction of sp³-hybridized carbons (Fsp3) is 0.120. The van der Waals surface area contributed by atoms with E-state index in [9.17, 15) is 22.8 Å². The van der Waals surface area contributed by atoms with Crippen LogP contribution in [0.25, 0.3) is 22.4 Å². The molecule has 5 rings (SSSR count). The molecule has 0 bridgehead atoms. The minimum Gasteiger partial charge on any atom is -0.338 e. The van der Waals surface area contributed by atoms with E-state index in [1.165, 1.54) is 12.1 Å². The smallest absolute Gasteiger partial charge is 0.338 e. The number of hydrogen-bond donors (Lipinski definition) is 2. The average molecular weight is 477 g/mol. The molecule has 1 aromatic heterocycles. The van der Waals surface area contributed by atoms with Gasteiger partial charge in [-0.1, -0.05) is 24.3 Å². The van der Waals surface area contributed by atoms with Crippen LogP contribution < -0.4 is 10.3 Å². The van der Waals surface area contributed by atoms with E-state index in [2.05, 4.69) is 20.4 Å². The van der Waals surface area contributed by atoms with Crippen molar-refractivity contribution in [2.45, 2.75) is 19.0 Å². The maximum atomic E-state index is 13.4. The summed E-state index contributed by atoms with van der Waals surface area (Å²) in [5.74, 6) is -0.532. The Hall–Kier alpha value is -4.47. The number of para-hydroxylation sites is 3.